The van der Waals surface area contributed by atoms with Crippen molar-refractivity contribution in [1.29, 1.82) is 0 Å². The maximum Gasteiger partial charge on any atom is 0.269 e. The highest BCUT2D eigenvalue weighted by Gasteiger charge is 2.17. The van der Waals surface area contributed by atoms with Crippen LogP contribution in [0.1, 0.15) is 37.2 Å². The fourth-order valence-corrected chi connectivity index (χ4v) is 1.94. The van der Waals surface area contributed by atoms with Crippen LogP contribution in [0.3, 0.4) is 0 Å². The Morgan fingerprint density at radius 2 is 2.25 bits per heavy atom. The van der Waals surface area contributed by atoms with Gasteiger partial charge in [0.25, 0.3) is 11.6 Å². The summed E-state index contributed by atoms with van der Waals surface area (Å²) in [7, 11) is 0. The van der Waals surface area contributed by atoms with Gasteiger partial charge in [-0.05, 0) is 25.0 Å². The highest BCUT2D eigenvalue weighted by atomic mass is 16.6. The van der Waals surface area contributed by atoms with E-state index in [1.807, 2.05) is 6.92 Å². The molecule has 1 atom stereocenters. The van der Waals surface area contributed by atoms with Crippen LogP contribution in [0, 0.1) is 17.0 Å². The number of hydrogen-bond acceptors (Lipinski definition) is 6. The third kappa shape index (κ3) is 2.83. The zero-order chi connectivity index (χ0) is 14.7. The van der Waals surface area contributed by atoms with Crippen molar-refractivity contribution < 1.29 is 9.45 Å². The lowest BCUT2D eigenvalue weighted by Gasteiger charge is -2.03. The van der Waals surface area contributed by atoms with Crippen LogP contribution in [-0.4, -0.2) is 15.1 Å². The zero-order valence-electron chi connectivity index (χ0n) is 11.4. The first kappa shape index (κ1) is 14.1. The lowest BCUT2D eigenvalue weighted by atomic mass is 10.1. The van der Waals surface area contributed by atoms with Gasteiger partial charge in [0.05, 0.1) is 11.0 Å². The Labute approximate surface area is 115 Å². The molecule has 0 fully saturated rings. The lowest BCUT2D eigenvalue weighted by Crippen LogP contribution is -2.11. The molecule has 0 saturated carbocycles. The van der Waals surface area contributed by atoms with Crippen LogP contribution >= 0.6 is 0 Å². The van der Waals surface area contributed by atoms with Crippen LogP contribution in [-0.2, 0) is 0 Å². The second kappa shape index (κ2) is 5.79. The molecule has 0 bridgehead atoms. The van der Waals surface area contributed by atoms with Crippen LogP contribution in [0.2, 0.25) is 0 Å². The van der Waals surface area contributed by atoms with Gasteiger partial charge in [0.2, 0.25) is 0 Å². The average Bonchev–Trinajstić information content (AvgIpc) is 2.88. The normalized spacial score (nSPS) is 12.3. The Kier molecular flexibility index (Phi) is 4.09. The largest absolute Gasteiger partial charge is 0.334 e. The Bertz CT molecular complexity index is 624. The number of rotatable bonds is 5. The summed E-state index contributed by atoms with van der Waals surface area (Å²) in [5.74, 6) is 0.790. The van der Waals surface area contributed by atoms with Gasteiger partial charge in [-0.3, -0.25) is 10.1 Å². The van der Waals surface area contributed by atoms with Gasteiger partial charge in [0.1, 0.15) is 0 Å². The van der Waals surface area contributed by atoms with Crippen molar-refractivity contribution in [3.05, 3.63) is 39.7 Å². The fraction of sp³-hybridized carbons (Fsp3) is 0.385. The van der Waals surface area contributed by atoms with Gasteiger partial charge < -0.3 is 10.3 Å². The van der Waals surface area contributed by atoms with E-state index in [1.165, 1.54) is 12.1 Å². The van der Waals surface area contributed by atoms with Crippen LogP contribution in [0.15, 0.2) is 22.7 Å². The van der Waals surface area contributed by atoms with Gasteiger partial charge in [-0.1, -0.05) is 18.5 Å². The molecule has 7 nitrogen and oxygen atoms in total. The summed E-state index contributed by atoms with van der Waals surface area (Å²) in [5.41, 5.74) is 7.35. The Hall–Kier alpha value is -2.28. The topological polar surface area (TPSA) is 108 Å². The summed E-state index contributed by atoms with van der Waals surface area (Å²) in [6.07, 6.45) is 1.71. The zero-order valence-corrected chi connectivity index (χ0v) is 11.4. The molecule has 2 aromatic rings. The van der Waals surface area contributed by atoms with Crippen LogP contribution in [0.25, 0.3) is 11.5 Å². The van der Waals surface area contributed by atoms with Crippen molar-refractivity contribution in [3.8, 4) is 11.5 Å². The van der Waals surface area contributed by atoms with E-state index in [0.717, 1.165) is 12.8 Å². The summed E-state index contributed by atoms with van der Waals surface area (Å²) in [6, 6.07) is 4.25. The van der Waals surface area contributed by atoms with Crippen LogP contribution < -0.4 is 5.73 Å². The predicted octanol–water partition coefficient (Wildman–Crippen LogP) is 2.75. The van der Waals surface area contributed by atoms with Gasteiger partial charge in [-0.25, -0.2) is 0 Å². The van der Waals surface area contributed by atoms with E-state index in [-0.39, 0.29) is 11.7 Å². The lowest BCUT2D eigenvalue weighted by molar-refractivity contribution is -0.384. The molecule has 1 aromatic heterocycles. The Morgan fingerprint density at radius 3 is 2.85 bits per heavy atom. The van der Waals surface area contributed by atoms with Crippen LogP contribution in [0.4, 0.5) is 5.69 Å². The number of nitrogens with zero attached hydrogens (tertiary/aromatic N) is 3. The van der Waals surface area contributed by atoms with Crippen molar-refractivity contribution in [2.45, 2.75) is 32.7 Å². The number of benzene rings is 1. The number of nitro benzene ring substituents is 1. The molecular weight excluding hydrogens is 260 g/mol. The standard InChI is InChI=1S/C13H16N4O3/c1-3-4-11(14)12-15-13(20-16-12)10-6-5-9(17(18)19)7-8(10)2/h5-7,11H,3-4,14H2,1-2H3. The fourth-order valence-electron chi connectivity index (χ4n) is 1.94. The summed E-state index contributed by atoms with van der Waals surface area (Å²) in [4.78, 5) is 14.5. The molecule has 1 heterocycles. The minimum absolute atomic E-state index is 0.0358. The first-order valence-electron chi connectivity index (χ1n) is 6.37. The number of aromatic nitrogens is 2. The molecule has 1 unspecified atom stereocenters. The molecule has 0 radical (unpaired) electrons. The van der Waals surface area contributed by atoms with E-state index in [1.54, 1.807) is 13.0 Å². The van der Waals surface area contributed by atoms with E-state index < -0.39 is 4.92 Å². The molecule has 1 aromatic carbocycles. The van der Waals surface area contributed by atoms with Gasteiger partial charge in [-0.15, -0.1) is 0 Å². The van der Waals surface area contributed by atoms with Crippen molar-refractivity contribution in [1.82, 2.24) is 10.1 Å². The first-order chi connectivity index (χ1) is 9.52. The molecule has 0 aliphatic heterocycles. The molecule has 0 saturated heterocycles. The predicted molar refractivity (Wildman–Crippen MR) is 73.0 cm³/mol. The highest BCUT2D eigenvalue weighted by Crippen LogP contribution is 2.26. The third-order valence-corrected chi connectivity index (χ3v) is 3.02. The second-order valence-electron chi connectivity index (χ2n) is 4.61. The SMILES string of the molecule is CCCC(N)c1noc(-c2ccc([N+](=O)[O-])cc2C)n1. The van der Waals surface area contributed by atoms with Crippen molar-refractivity contribution in [2.75, 3.05) is 0 Å². The minimum Gasteiger partial charge on any atom is -0.334 e. The summed E-state index contributed by atoms with van der Waals surface area (Å²) >= 11 is 0. The third-order valence-electron chi connectivity index (χ3n) is 3.02. The van der Waals surface area contributed by atoms with Crippen molar-refractivity contribution >= 4 is 5.69 Å². The van der Waals surface area contributed by atoms with E-state index in [4.69, 9.17) is 10.3 Å². The van der Waals surface area contributed by atoms with Crippen molar-refractivity contribution in [3.63, 3.8) is 0 Å². The average molecular weight is 276 g/mol. The summed E-state index contributed by atoms with van der Waals surface area (Å²) in [5, 5.41) is 14.6. The van der Waals surface area contributed by atoms with Gasteiger partial charge >= 0.3 is 0 Å². The van der Waals surface area contributed by atoms with Crippen LogP contribution in [0.5, 0.6) is 0 Å². The molecule has 2 rings (SSSR count). The highest BCUT2D eigenvalue weighted by molar-refractivity contribution is 5.61. The number of non-ortho nitro benzene ring substituents is 1. The van der Waals surface area contributed by atoms with E-state index in [0.29, 0.717) is 22.8 Å². The van der Waals surface area contributed by atoms with E-state index >= 15 is 0 Å². The Balaban J connectivity index is 2.30. The molecule has 7 heteroatoms. The summed E-state index contributed by atoms with van der Waals surface area (Å²) in [6.45, 7) is 3.79. The van der Waals surface area contributed by atoms with E-state index in [9.17, 15) is 10.1 Å². The molecule has 0 spiro atoms. The maximum atomic E-state index is 10.7. The molecular formula is C13H16N4O3. The maximum absolute atomic E-state index is 10.7. The molecule has 0 aliphatic carbocycles. The van der Waals surface area contributed by atoms with Gasteiger partial charge in [0, 0.05) is 17.7 Å². The first-order valence-corrected chi connectivity index (χ1v) is 6.37. The molecule has 106 valence electrons. The summed E-state index contributed by atoms with van der Waals surface area (Å²) < 4.78 is 5.19. The minimum atomic E-state index is -0.437. The number of nitrogens with two attached hydrogens (primary N) is 1. The molecule has 2 N–H and O–H groups in total. The number of hydrogen-bond donors (Lipinski definition) is 1. The number of aryl methyl sites for hydroxylation is 1. The molecule has 20 heavy (non-hydrogen) atoms. The van der Waals surface area contributed by atoms with E-state index in [2.05, 4.69) is 10.1 Å². The van der Waals surface area contributed by atoms with Crippen molar-refractivity contribution in [2.24, 2.45) is 5.73 Å². The molecule has 0 aliphatic rings. The van der Waals surface area contributed by atoms with Gasteiger partial charge in [-0.2, -0.15) is 4.98 Å². The number of nitro groups is 1. The quantitative estimate of drug-likeness (QED) is 0.664. The second-order valence-corrected chi connectivity index (χ2v) is 4.61. The smallest absolute Gasteiger partial charge is 0.269 e. The van der Waals surface area contributed by atoms with Gasteiger partial charge in [0.15, 0.2) is 5.82 Å². The molecule has 0 amide bonds. The Morgan fingerprint density at radius 1 is 1.50 bits per heavy atom. The monoisotopic (exact) mass is 276 g/mol.